The summed E-state index contributed by atoms with van der Waals surface area (Å²) in [5.41, 5.74) is 0.642. The summed E-state index contributed by atoms with van der Waals surface area (Å²) in [6.45, 7) is 0.915. The third-order valence-corrected chi connectivity index (χ3v) is 4.16. The first kappa shape index (κ1) is 17.9. The van der Waals surface area contributed by atoms with E-state index in [-0.39, 0.29) is 11.8 Å². The number of phenols is 1. The number of nitrogens with one attached hydrogen (secondary N) is 2. The molecule has 0 radical (unpaired) electrons. The first-order chi connectivity index (χ1) is 12.6. The number of rotatable bonds is 6. The van der Waals surface area contributed by atoms with Crippen molar-refractivity contribution in [2.75, 3.05) is 18.5 Å². The fourth-order valence-electron chi connectivity index (χ4n) is 2.59. The number of urea groups is 1. The molecule has 3 aromatic carbocycles. The van der Waals surface area contributed by atoms with Crippen LogP contribution in [0.4, 0.5) is 10.5 Å². The summed E-state index contributed by atoms with van der Waals surface area (Å²) in [4.78, 5) is 12.1. The minimum absolute atomic E-state index is 0.184. The van der Waals surface area contributed by atoms with Crippen LogP contribution < -0.4 is 15.4 Å². The lowest BCUT2D eigenvalue weighted by molar-refractivity contribution is 0.250. The van der Waals surface area contributed by atoms with Gasteiger partial charge in [0.25, 0.3) is 0 Å². The Balaban J connectivity index is 1.48. The number of aromatic hydroxyl groups is 1. The van der Waals surface area contributed by atoms with E-state index in [1.165, 1.54) is 0 Å². The standard InChI is InChI=1S/C20H19ClN2O3/c21-16-8-1-2-11-19(16)26-13-5-12-22-20(25)23-17-9-3-7-15-14(17)6-4-10-18(15)24/h1-4,6-11,24H,5,12-13H2,(H2,22,23,25). The lowest BCUT2D eigenvalue weighted by Gasteiger charge is -2.11. The third-order valence-electron chi connectivity index (χ3n) is 3.85. The lowest BCUT2D eigenvalue weighted by atomic mass is 10.1. The van der Waals surface area contributed by atoms with E-state index in [9.17, 15) is 9.90 Å². The maximum atomic E-state index is 12.1. The van der Waals surface area contributed by atoms with Crippen LogP contribution in [0.1, 0.15) is 6.42 Å². The van der Waals surface area contributed by atoms with Gasteiger partial charge in [0.1, 0.15) is 11.5 Å². The highest BCUT2D eigenvalue weighted by molar-refractivity contribution is 6.32. The summed E-state index contributed by atoms with van der Waals surface area (Å²) < 4.78 is 5.58. The zero-order chi connectivity index (χ0) is 18.4. The van der Waals surface area contributed by atoms with E-state index in [1.54, 1.807) is 42.5 Å². The molecular weight excluding hydrogens is 352 g/mol. The minimum Gasteiger partial charge on any atom is -0.507 e. The van der Waals surface area contributed by atoms with Crippen LogP contribution in [0.3, 0.4) is 0 Å². The first-order valence-electron chi connectivity index (χ1n) is 8.28. The molecule has 0 fully saturated rings. The maximum Gasteiger partial charge on any atom is 0.319 e. The Labute approximate surface area is 156 Å². The second-order valence-corrected chi connectivity index (χ2v) is 6.10. The number of halogens is 1. The molecule has 26 heavy (non-hydrogen) atoms. The monoisotopic (exact) mass is 370 g/mol. The number of ether oxygens (including phenoxy) is 1. The number of amides is 2. The van der Waals surface area contributed by atoms with Crippen molar-refractivity contribution in [3.63, 3.8) is 0 Å². The van der Waals surface area contributed by atoms with Gasteiger partial charge in [-0.1, -0.05) is 48.0 Å². The minimum atomic E-state index is -0.307. The van der Waals surface area contributed by atoms with E-state index in [0.717, 1.165) is 5.39 Å². The number of phenolic OH excluding ortho intramolecular Hbond substituents is 1. The highest BCUT2D eigenvalue weighted by Crippen LogP contribution is 2.29. The predicted octanol–water partition coefficient (Wildman–Crippen LogP) is 4.79. The zero-order valence-electron chi connectivity index (χ0n) is 14.0. The molecule has 0 aliphatic carbocycles. The molecule has 5 nitrogen and oxygen atoms in total. The van der Waals surface area contributed by atoms with Gasteiger partial charge in [-0.25, -0.2) is 4.79 Å². The number of benzene rings is 3. The lowest BCUT2D eigenvalue weighted by Crippen LogP contribution is -2.30. The summed E-state index contributed by atoms with van der Waals surface area (Å²) in [6.07, 6.45) is 0.648. The number of hydrogen-bond acceptors (Lipinski definition) is 3. The van der Waals surface area contributed by atoms with Gasteiger partial charge in [-0.2, -0.15) is 0 Å². The number of carbonyl (C=O) groups is 1. The number of anilines is 1. The zero-order valence-corrected chi connectivity index (χ0v) is 14.8. The quantitative estimate of drug-likeness (QED) is 0.546. The average molecular weight is 371 g/mol. The van der Waals surface area contributed by atoms with E-state index in [2.05, 4.69) is 10.6 Å². The number of para-hydroxylation sites is 1. The summed E-state index contributed by atoms with van der Waals surface area (Å²) in [5, 5.41) is 17.5. The van der Waals surface area contributed by atoms with Gasteiger partial charge in [0.15, 0.2) is 0 Å². The van der Waals surface area contributed by atoms with Crippen molar-refractivity contribution in [3.8, 4) is 11.5 Å². The van der Waals surface area contributed by atoms with Crippen molar-refractivity contribution in [3.05, 3.63) is 65.7 Å². The molecule has 0 unspecified atom stereocenters. The van der Waals surface area contributed by atoms with Crippen molar-refractivity contribution in [1.82, 2.24) is 5.32 Å². The molecule has 0 saturated carbocycles. The third kappa shape index (κ3) is 4.37. The van der Waals surface area contributed by atoms with Crippen LogP contribution in [-0.4, -0.2) is 24.3 Å². The Bertz CT molecular complexity index is 914. The summed E-state index contributed by atoms with van der Waals surface area (Å²) in [7, 11) is 0. The Morgan fingerprint density at radius 2 is 1.77 bits per heavy atom. The second kappa shape index (κ2) is 8.45. The normalized spacial score (nSPS) is 10.5. The van der Waals surface area contributed by atoms with E-state index in [0.29, 0.717) is 41.4 Å². The van der Waals surface area contributed by atoms with Crippen molar-refractivity contribution in [2.24, 2.45) is 0 Å². The molecule has 0 aromatic heterocycles. The van der Waals surface area contributed by atoms with Crippen LogP contribution in [0.15, 0.2) is 60.7 Å². The smallest absolute Gasteiger partial charge is 0.319 e. The molecule has 6 heteroatoms. The van der Waals surface area contributed by atoms with Crippen molar-refractivity contribution < 1.29 is 14.6 Å². The molecule has 0 heterocycles. The molecule has 3 N–H and O–H groups in total. The van der Waals surface area contributed by atoms with Crippen molar-refractivity contribution >= 4 is 34.1 Å². The van der Waals surface area contributed by atoms with Gasteiger partial charge in [0.2, 0.25) is 0 Å². The molecule has 0 saturated heterocycles. The number of hydrogen-bond donors (Lipinski definition) is 3. The average Bonchev–Trinajstić information content (AvgIpc) is 2.64. The fourth-order valence-corrected chi connectivity index (χ4v) is 2.78. The van der Waals surface area contributed by atoms with Crippen LogP contribution in [0, 0.1) is 0 Å². The van der Waals surface area contributed by atoms with Crippen LogP contribution in [-0.2, 0) is 0 Å². The SMILES string of the molecule is O=C(NCCCOc1ccccc1Cl)Nc1cccc2c(O)cccc12. The van der Waals surface area contributed by atoms with E-state index in [4.69, 9.17) is 16.3 Å². The first-order valence-corrected chi connectivity index (χ1v) is 8.66. The Morgan fingerprint density at radius 3 is 2.62 bits per heavy atom. The van der Waals surface area contributed by atoms with Gasteiger partial charge < -0.3 is 20.5 Å². The molecule has 0 aliphatic rings. The van der Waals surface area contributed by atoms with Crippen molar-refractivity contribution in [2.45, 2.75) is 6.42 Å². The molecule has 0 bridgehead atoms. The summed E-state index contributed by atoms with van der Waals surface area (Å²) >= 11 is 6.01. The van der Waals surface area contributed by atoms with E-state index in [1.807, 2.05) is 18.2 Å². The number of carbonyl (C=O) groups excluding carboxylic acids is 1. The van der Waals surface area contributed by atoms with Gasteiger partial charge in [-0.05, 0) is 30.7 Å². The summed E-state index contributed by atoms with van der Waals surface area (Å²) in [5.74, 6) is 0.817. The number of fused-ring (bicyclic) bond motifs is 1. The Kier molecular flexibility index (Phi) is 5.81. The van der Waals surface area contributed by atoms with Crippen LogP contribution >= 0.6 is 11.6 Å². The highest BCUT2D eigenvalue weighted by Gasteiger charge is 2.07. The molecule has 0 spiro atoms. The molecule has 0 atom stereocenters. The van der Waals surface area contributed by atoms with Gasteiger partial charge in [0, 0.05) is 17.3 Å². The van der Waals surface area contributed by atoms with E-state index < -0.39 is 0 Å². The van der Waals surface area contributed by atoms with E-state index >= 15 is 0 Å². The van der Waals surface area contributed by atoms with Gasteiger partial charge in [-0.3, -0.25) is 0 Å². The van der Waals surface area contributed by atoms with Crippen molar-refractivity contribution in [1.29, 1.82) is 0 Å². The van der Waals surface area contributed by atoms with Gasteiger partial charge in [0.05, 0.1) is 17.3 Å². The highest BCUT2D eigenvalue weighted by atomic mass is 35.5. The topological polar surface area (TPSA) is 70.6 Å². The molecular formula is C20H19ClN2O3. The van der Waals surface area contributed by atoms with Gasteiger partial charge >= 0.3 is 6.03 Å². The van der Waals surface area contributed by atoms with Crippen LogP contribution in [0.5, 0.6) is 11.5 Å². The Morgan fingerprint density at radius 1 is 1.00 bits per heavy atom. The molecule has 3 aromatic rings. The van der Waals surface area contributed by atoms with Crippen LogP contribution in [0.2, 0.25) is 5.02 Å². The molecule has 134 valence electrons. The maximum absolute atomic E-state index is 12.1. The summed E-state index contributed by atoms with van der Waals surface area (Å²) in [6, 6.07) is 17.6. The van der Waals surface area contributed by atoms with Crippen LogP contribution in [0.25, 0.3) is 10.8 Å². The molecule has 2 amide bonds. The predicted molar refractivity (Wildman–Crippen MR) is 104 cm³/mol. The fraction of sp³-hybridized carbons (Fsp3) is 0.150. The largest absolute Gasteiger partial charge is 0.507 e. The molecule has 3 rings (SSSR count). The van der Waals surface area contributed by atoms with Gasteiger partial charge in [-0.15, -0.1) is 0 Å². The Hall–Kier alpha value is -2.92. The molecule has 0 aliphatic heterocycles. The second-order valence-electron chi connectivity index (χ2n) is 5.69.